The van der Waals surface area contributed by atoms with E-state index in [2.05, 4.69) is 30.1 Å². The minimum Gasteiger partial charge on any atom is -0.310 e. The van der Waals surface area contributed by atoms with Crippen LogP contribution in [-0.2, 0) is 6.54 Å². The van der Waals surface area contributed by atoms with Gasteiger partial charge in [0.15, 0.2) is 0 Å². The number of benzene rings is 1. The largest absolute Gasteiger partial charge is 0.310 e. The lowest BCUT2D eigenvalue weighted by atomic mass is 10.0. The summed E-state index contributed by atoms with van der Waals surface area (Å²) in [7, 11) is 0. The lowest BCUT2D eigenvalue weighted by Gasteiger charge is -2.35. The molecule has 2 rings (SSSR count). The average Bonchev–Trinajstić information content (AvgIpc) is 2.46. The van der Waals surface area contributed by atoms with E-state index in [0.717, 1.165) is 12.1 Å². The highest BCUT2D eigenvalue weighted by Crippen LogP contribution is 2.13. The first-order valence-electron chi connectivity index (χ1n) is 7.15. The fraction of sp³-hybridized carbons (Fsp3) is 0.562. The molecule has 0 atom stereocenters. The zero-order chi connectivity index (χ0) is 13.7. The van der Waals surface area contributed by atoms with Crippen molar-refractivity contribution in [2.45, 2.75) is 45.3 Å². The molecule has 0 saturated carbocycles. The Bertz CT molecular complexity index is 422. The van der Waals surface area contributed by atoms with Crippen LogP contribution in [0.25, 0.3) is 0 Å². The van der Waals surface area contributed by atoms with Gasteiger partial charge in [-0.05, 0) is 57.5 Å². The van der Waals surface area contributed by atoms with Crippen LogP contribution >= 0.6 is 0 Å². The monoisotopic (exact) mass is 257 g/mol. The first-order valence-corrected chi connectivity index (χ1v) is 7.15. The number of hydrogen-bond donors (Lipinski definition) is 1. The fourth-order valence-electron chi connectivity index (χ4n) is 2.58. The van der Waals surface area contributed by atoms with Gasteiger partial charge in [0.05, 0.1) is 11.6 Å². The van der Waals surface area contributed by atoms with Crippen molar-refractivity contribution in [3.63, 3.8) is 0 Å². The van der Waals surface area contributed by atoms with Gasteiger partial charge in [0.1, 0.15) is 0 Å². The molecule has 0 aliphatic carbocycles. The molecule has 1 aromatic carbocycles. The van der Waals surface area contributed by atoms with Crippen molar-refractivity contribution in [3.05, 3.63) is 35.4 Å². The maximum atomic E-state index is 8.76. The maximum Gasteiger partial charge on any atom is 0.0991 e. The molecule has 1 saturated heterocycles. The zero-order valence-corrected chi connectivity index (χ0v) is 11.9. The average molecular weight is 257 g/mol. The molecule has 3 heteroatoms. The number of hydrogen-bond acceptors (Lipinski definition) is 3. The van der Waals surface area contributed by atoms with E-state index in [1.165, 1.54) is 31.5 Å². The molecule has 0 unspecified atom stereocenters. The van der Waals surface area contributed by atoms with Crippen molar-refractivity contribution in [2.24, 2.45) is 0 Å². The van der Waals surface area contributed by atoms with E-state index >= 15 is 0 Å². The summed E-state index contributed by atoms with van der Waals surface area (Å²) in [4.78, 5) is 2.54. The van der Waals surface area contributed by atoms with Crippen LogP contribution in [0.15, 0.2) is 24.3 Å². The Balaban J connectivity index is 1.76. The van der Waals surface area contributed by atoms with E-state index in [1.54, 1.807) is 0 Å². The predicted octanol–water partition coefficient (Wildman–Crippen LogP) is 2.52. The van der Waals surface area contributed by atoms with E-state index in [0.29, 0.717) is 12.1 Å². The molecule has 1 aliphatic heterocycles. The first kappa shape index (κ1) is 14.0. The second-order valence-corrected chi connectivity index (χ2v) is 5.59. The summed E-state index contributed by atoms with van der Waals surface area (Å²) in [6.45, 7) is 7.83. The molecule has 0 bridgehead atoms. The topological polar surface area (TPSA) is 39.1 Å². The summed E-state index contributed by atoms with van der Waals surface area (Å²) in [6, 6.07) is 11.3. The van der Waals surface area contributed by atoms with Gasteiger partial charge in [0.2, 0.25) is 0 Å². The van der Waals surface area contributed by atoms with E-state index < -0.39 is 0 Å². The van der Waals surface area contributed by atoms with Crippen molar-refractivity contribution in [3.8, 4) is 6.07 Å². The van der Waals surface area contributed by atoms with Gasteiger partial charge in [0.25, 0.3) is 0 Å². The highest BCUT2D eigenvalue weighted by Gasteiger charge is 2.19. The number of likely N-dealkylation sites (tertiary alicyclic amines) is 1. The fourth-order valence-corrected chi connectivity index (χ4v) is 2.58. The van der Waals surface area contributed by atoms with E-state index in [9.17, 15) is 0 Å². The van der Waals surface area contributed by atoms with Crippen LogP contribution in [0.4, 0.5) is 0 Å². The molecule has 1 fully saturated rings. The Morgan fingerprint density at radius 3 is 2.42 bits per heavy atom. The summed E-state index contributed by atoms with van der Waals surface area (Å²) in [5.74, 6) is 0. The van der Waals surface area contributed by atoms with Crippen molar-refractivity contribution in [2.75, 3.05) is 13.1 Å². The lowest BCUT2D eigenvalue weighted by Crippen LogP contribution is -2.44. The van der Waals surface area contributed by atoms with Gasteiger partial charge in [-0.1, -0.05) is 12.1 Å². The van der Waals surface area contributed by atoms with Crippen LogP contribution in [0.2, 0.25) is 0 Å². The molecule has 1 aromatic rings. The van der Waals surface area contributed by atoms with Crippen molar-refractivity contribution in [1.29, 1.82) is 5.26 Å². The van der Waals surface area contributed by atoms with Crippen LogP contribution in [0, 0.1) is 11.3 Å². The van der Waals surface area contributed by atoms with Crippen molar-refractivity contribution < 1.29 is 0 Å². The smallest absolute Gasteiger partial charge is 0.0991 e. The van der Waals surface area contributed by atoms with E-state index in [-0.39, 0.29) is 0 Å². The zero-order valence-electron chi connectivity index (χ0n) is 11.9. The number of piperidine rings is 1. The van der Waals surface area contributed by atoms with E-state index in [4.69, 9.17) is 5.26 Å². The van der Waals surface area contributed by atoms with Gasteiger partial charge in [-0.2, -0.15) is 5.26 Å². The molecule has 1 heterocycles. The normalized spacial score (nSPS) is 17.6. The SMILES string of the molecule is CC(C)N1CCC(NCc2ccc(C#N)cc2)CC1. The molecule has 3 nitrogen and oxygen atoms in total. The Kier molecular flexibility index (Phi) is 4.95. The maximum absolute atomic E-state index is 8.76. The number of nitriles is 1. The first-order chi connectivity index (χ1) is 9.19. The van der Waals surface area contributed by atoms with Crippen LogP contribution < -0.4 is 5.32 Å². The number of nitrogens with one attached hydrogen (secondary N) is 1. The van der Waals surface area contributed by atoms with Gasteiger partial charge in [-0.25, -0.2) is 0 Å². The summed E-state index contributed by atoms with van der Waals surface area (Å²) in [5, 5.41) is 12.4. The molecular formula is C16H23N3. The minimum absolute atomic E-state index is 0.630. The minimum atomic E-state index is 0.630. The number of nitrogens with zero attached hydrogens (tertiary/aromatic N) is 2. The summed E-state index contributed by atoms with van der Waals surface area (Å²) in [5.41, 5.74) is 1.99. The Hall–Kier alpha value is -1.37. The third kappa shape index (κ3) is 4.05. The van der Waals surface area contributed by atoms with Gasteiger partial charge in [-0.3, -0.25) is 0 Å². The molecule has 0 amide bonds. The van der Waals surface area contributed by atoms with Crippen LogP contribution in [0.5, 0.6) is 0 Å². The summed E-state index contributed by atoms with van der Waals surface area (Å²) in [6.07, 6.45) is 2.46. The molecule has 0 spiro atoms. The molecular weight excluding hydrogens is 234 g/mol. The highest BCUT2D eigenvalue weighted by atomic mass is 15.2. The lowest BCUT2D eigenvalue weighted by molar-refractivity contribution is 0.161. The summed E-state index contributed by atoms with van der Waals surface area (Å²) >= 11 is 0. The highest BCUT2D eigenvalue weighted by molar-refractivity contribution is 5.31. The van der Waals surface area contributed by atoms with Crippen molar-refractivity contribution in [1.82, 2.24) is 10.2 Å². The second kappa shape index (κ2) is 6.70. The quantitative estimate of drug-likeness (QED) is 0.901. The number of rotatable bonds is 4. The molecule has 19 heavy (non-hydrogen) atoms. The molecule has 1 N–H and O–H groups in total. The van der Waals surface area contributed by atoms with Gasteiger partial charge < -0.3 is 10.2 Å². The molecule has 0 radical (unpaired) electrons. The van der Waals surface area contributed by atoms with E-state index in [1.807, 2.05) is 24.3 Å². The van der Waals surface area contributed by atoms with Gasteiger partial charge >= 0.3 is 0 Å². The standard InChI is InChI=1S/C16H23N3/c1-13(2)19-9-7-16(8-10-19)18-12-15-5-3-14(11-17)4-6-15/h3-6,13,16,18H,7-10,12H2,1-2H3. The van der Waals surface area contributed by atoms with Crippen LogP contribution in [0.3, 0.4) is 0 Å². The summed E-state index contributed by atoms with van der Waals surface area (Å²) < 4.78 is 0. The Morgan fingerprint density at radius 2 is 1.89 bits per heavy atom. The Labute approximate surface area is 116 Å². The third-order valence-electron chi connectivity index (χ3n) is 3.94. The molecule has 102 valence electrons. The Morgan fingerprint density at radius 1 is 1.26 bits per heavy atom. The molecule has 0 aromatic heterocycles. The third-order valence-corrected chi connectivity index (χ3v) is 3.94. The predicted molar refractivity (Wildman–Crippen MR) is 77.7 cm³/mol. The van der Waals surface area contributed by atoms with Crippen molar-refractivity contribution >= 4 is 0 Å². The van der Waals surface area contributed by atoms with Gasteiger partial charge in [-0.15, -0.1) is 0 Å². The van der Waals surface area contributed by atoms with Gasteiger partial charge in [0, 0.05) is 18.6 Å². The molecule has 1 aliphatic rings. The van der Waals surface area contributed by atoms with Crippen LogP contribution in [-0.4, -0.2) is 30.1 Å². The second-order valence-electron chi connectivity index (χ2n) is 5.59. The van der Waals surface area contributed by atoms with Crippen LogP contribution in [0.1, 0.15) is 37.8 Å².